The standard InChI is InChI=1S/C24H27N5O2/c30-22-18(24(31)28-17-8-9-17)11-19(26-13-15-5-4-10-25-12-15)21(22)20-14-27-23(29-20)16-6-2-1-3-7-16/h1-7,10,12,14,17-19,21-22,26,30H,8-9,11,13H2,(H,27,29)(H,28,31)/t18-,19+,21+,22+/m0/s1. The van der Waals surface area contributed by atoms with Gasteiger partial charge in [-0.3, -0.25) is 9.78 Å². The molecule has 7 nitrogen and oxygen atoms in total. The Hall–Kier alpha value is -3.03. The van der Waals surface area contributed by atoms with Crippen LogP contribution in [0.15, 0.2) is 61.1 Å². The van der Waals surface area contributed by atoms with Crippen LogP contribution in [-0.4, -0.2) is 44.2 Å². The zero-order valence-electron chi connectivity index (χ0n) is 17.2. The molecule has 31 heavy (non-hydrogen) atoms. The van der Waals surface area contributed by atoms with Gasteiger partial charge in [0.1, 0.15) is 5.82 Å². The van der Waals surface area contributed by atoms with Crippen LogP contribution >= 0.6 is 0 Å². The van der Waals surface area contributed by atoms with E-state index < -0.39 is 12.0 Å². The first kappa shape index (κ1) is 19.9. The van der Waals surface area contributed by atoms with Gasteiger partial charge in [-0.2, -0.15) is 0 Å². The molecule has 1 amide bonds. The van der Waals surface area contributed by atoms with Crippen LogP contribution in [-0.2, 0) is 11.3 Å². The molecule has 1 aromatic carbocycles. The average Bonchev–Trinajstić information content (AvgIpc) is 3.37. The first-order valence-corrected chi connectivity index (χ1v) is 10.9. The molecule has 2 saturated carbocycles. The van der Waals surface area contributed by atoms with E-state index in [-0.39, 0.29) is 23.9 Å². The number of carbonyl (C=O) groups is 1. The Morgan fingerprint density at radius 3 is 2.71 bits per heavy atom. The number of aliphatic hydroxyl groups excluding tert-OH is 1. The second-order valence-electron chi connectivity index (χ2n) is 8.54. The van der Waals surface area contributed by atoms with E-state index in [0.717, 1.165) is 35.5 Å². The second kappa shape index (κ2) is 8.61. The fourth-order valence-corrected chi connectivity index (χ4v) is 4.46. The third-order valence-electron chi connectivity index (χ3n) is 6.28. The van der Waals surface area contributed by atoms with Crippen molar-refractivity contribution in [3.63, 3.8) is 0 Å². The summed E-state index contributed by atoms with van der Waals surface area (Å²) >= 11 is 0. The topological polar surface area (TPSA) is 103 Å². The maximum atomic E-state index is 12.8. The number of benzene rings is 1. The highest BCUT2D eigenvalue weighted by atomic mass is 16.3. The third kappa shape index (κ3) is 4.38. The molecular weight excluding hydrogens is 390 g/mol. The van der Waals surface area contributed by atoms with Crippen molar-refractivity contribution in [3.05, 3.63) is 72.3 Å². The summed E-state index contributed by atoms with van der Waals surface area (Å²) in [4.78, 5) is 24.9. The Morgan fingerprint density at radius 2 is 1.97 bits per heavy atom. The van der Waals surface area contributed by atoms with Crippen molar-refractivity contribution in [3.8, 4) is 11.4 Å². The highest BCUT2D eigenvalue weighted by molar-refractivity contribution is 5.80. The number of amides is 1. The van der Waals surface area contributed by atoms with Gasteiger partial charge >= 0.3 is 0 Å². The number of imidazole rings is 1. The predicted octanol–water partition coefficient (Wildman–Crippen LogP) is 2.37. The van der Waals surface area contributed by atoms with Crippen molar-refractivity contribution in [1.29, 1.82) is 0 Å². The molecule has 2 aromatic heterocycles. The molecule has 0 aliphatic heterocycles. The maximum Gasteiger partial charge on any atom is 0.226 e. The summed E-state index contributed by atoms with van der Waals surface area (Å²) in [7, 11) is 0. The predicted molar refractivity (Wildman–Crippen MR) is 117 cm³/mol. The first-order valence-electron chi connectivity index (χ1n) is 10.9. The number of rotatable bonds is 7. The van der Waals surface area contributed by atoms with Crippen LogP contribution in [0.5, 0.6) is 0 Å². The quantitative estimate of drug-likeness (QED) is 0.473. The lowest BCUT2D eigenvalue weighted by atomic mass is 9.96. The van der Waals surface area contributed by atoms with E-state index in [9.17, 15) is 9.90 Å². The van der Waals surface area contributed by atoms with Crippen molar-refractivity contribution in [1.82, 2.24) is 25.6 Å². The molecule has 3 aromatic rings. The average molecular weight is 418 g/mol. The van der Waals surface area contributed by atoms with Crippen molar-refractivity contribution >= 4 is 5.91 Å². The van der Waals surface area contributed by atoms with Crippen molar-refractivity contribution in [2.75, 3.05) is 0 Å². The summed E-state index contributed by atoms with van der Waals surface area (Å²) in [5.74, 6) is 0.0187. The fourth-order valence-electron chi connectivity index (χ4n) is 4.46. The smallest absolute Gasteiger partial charge is 0.226 e. The molecule has 5 rings (SSSR count). The number of nitrogens with zero attached hydrogens (tertiary/aromatic N) is 2. The molecule has 0 unspecified atom stereocenters. The minimum absolute atomic E-state index is 0.0477. The molecule has 160 valence electrons. The Labute approximate surface area is 181 Å². The van der Waals surface area contributed by atoms with E-state index in [0.29, 0.717) is 13.0 Å². The molecule has 0 saturated heterocycles. The van der Waals surface area contributed by atoms with Gasteiger partial charge in [0.25, 0.3) is 0 Å². The van der Waals surface area contributed by atoms with Crippen molar-refractivity contribution < 1.29 is 9.90 Å². The van der Waals surface area contributed by atoms with Crippen LogP contribution in [0.2, 0.25) is 0 Å². The van der Waals surface area contributed by atoms with Gasteiger partial charge in [-0.05, 0) is 30.9 Å². The number of nitrogens with one attached hydrogen (secondary N) is 3. The Kier molecular flexibility index (Phi) is 5.53. The molecule has 2 aliphatic rings. The molecular formula is C24H27N5O2. The van der Waals surface area contributed by atoms with Gasteiger partial charge < -0.3 is 20.7 Å². The lowest BCUT2D eigenvalue weighted by molar-refractivity contribution is -0.127. The summed E-state index contributed by atoms with van der Waals surface area (Å²) in [6.45, 7) is 0.623. The number of aliphatic hydroxyl groups is 1. The minimum Gasteiger partial charge on any atom is -0.392 e. The summed E-state index contributed by atoms with van der Waals surface area (Å²) in [5.41, 5.74) is 2.90. The molecule has 0 bridgehead atoms. The van der Waals surface area contributed by atoms with E-state index >= 15 is 0 Å². The third-order valence-corrected chi connectivity index (χ3v) is 6.28. The number of hydrogen-bond donors (Lipinski definition) is 4. The van der Waals surface area contributed by atoms with Gasteiger partial charge in [0.15, 0.2) is 0 Å². The maximum absolute atomic E-state index is 12.8. The number of aromatic amines is 1. The van der Waals surface area contributed by atoms with Crippen LogP contribution in [0.25, 0.3) is 11.4 Å². The molecule has 2 aliphatic carbocycles. The summed E-state index contributed by atoms with van der Waals surface area (Å²) in [5, 5.41) is 17.8. The largest absolute Gasteiger partial charge is 0.392 e. The van der Waals surface area contributed by atoms with Crippen LogP contribution in [0.4, 0.5) is 0 Å². The molecule has 2 fully saturated rings. The van der Waals surface area contributed by atoms with Crippen molar-refractivity contribution in [2.24, 2.45) is 5.92 Å². The number of carbonyl (C=O) groups excluding carboxylic acids is 1. The highest BCUT2D eigenvalue weighted by Gasteiger charge is 2.47. The fraction of sp³-hybridized carbons (Fsp3) is 0.375. The lowest BCUT2D eigenvalue weighted by Gasteiger charge is -2.22. The first-order chi connectivity index (χ1) is 15.2. The van der Waals surface area contributed by atoms with Gasteiger partial charge in [0.05, 0.1) is 12.0 Å². The molecule has 4 N–H and O–H groups in total. The number of aromatic nitrogens is 3. The molecule has 4 atom stereocenters. The van der Waals surface area contributed by atoms with Crippen LogP contribution in [0, 0.1) is 5.92 Å². The van der Waals surface area contributed by atoms with Gasteiger partial charge in [0, 0.05) is 54.4 Å². The van der Waals surface area contributed by atoms with Crippen LogP contribution in [0.3, 0.4) is 0 Å². The van der Waals surface area contributed by atoms with Gasteiger partial charge in [-0.15, -0.1) is 0 Å². The number of hydrogen-bond acceptors (Lipinski definition) is 5. The monoisotopic (exact) mass is 417 g/mol. The van der Waals surface area contributed by atoms with E-state index in [2.05, 4.69) is 25.6 Å². The zero-order valence-corrected chi connectivity index (χ0v) is 17.2. The van der Waals surface area contributed by atoms with E-state index in [4.69, 9.17) is 0 Å². The van der Waals surface area contributed by atoms with Crippen LogP contribution in [0.1, 0.15) is 36.4 Å². The number of pyridine rings is 1. The Morgan fingerprint density at radius 1 is 1.13 bits per heavy atom. The molecule has 0 radical (unpaired) electrons. The minimum atomic E-state index is -0.783. The van der Waals surface area contributed by atoms with E-state index in [1.165, 1.54) is 0 Å². The van der Waals surface area contributed by atoms with Gasteiger partial charge in [-0.25, -0.2) is 4.98 Å². The van der Waals surface area contributed by atoms with E-state index in [1.807, 2.05) is 48.7 Å². The van der Waals surface area contributed by atoms with E-state index in [1.54, 1.807) is 12.4 Å². The van der Waals surface area contributed by atoms with Crippen LogP contribution < -0.4 is 10.6 Å². The Balaban J connectivity index is 1.38. The zero-order chi connectivity index (χ0) is 21.2. The molecule has 0 spiro atoms. The summed E-state index contributed by atoms with van der Waals surface area (Å²) in [6, 6.07) is 14.0. The Bertz CT molecular complexity index is 1020. The lowest BCUT2D eigenvalue weighted by Crippen LogP contribution is -2.37. The van der Waals surface area contributed by atoms with Gasteiger partial charge in [-0.1, -0.05) is 36.4 Å². The summed E-state index contributed by atoms with van der Waals surface area (Å²) < 4.78 is 0. The highest BCUT2D eigenvalue weighted by Crippen LogP contribution is 2.39. The van der Waals surface area contributed by atoms with Crippen molar-refractivity contribution in [2.45, 2.75) is 49.9 Å². The molecule has 2 heterocycles. The summed E-state index contributed by atoms with van der Waals surface area (Å²) in [6.07, 6.45) is 7.21. The number of H-pyrrole nitrogens is 1. The molecule has 7 heteroatoms. The van der Waals surface area contributed by atoms with Gasteiger partial charge in [0.2, 0.25) is 5.91 Å². The second-order valence-corrected chi connectivity index (χ2v) is 8.54. The normalized spacial score (nSPS) is 25.5. The SMILES string of the molecule is O=C(NC1CC1)[C@H]1C[C@@H](NCc2cccnc2)[C@H](c2cnc(-c3ccccc3)[nH]2)[C@@H]1O.